The normalized spacial score (nSPS) is 14.6. The molecule has 0 radical (unpaired) electrons. The number of rotatable bonds is 8. The van der Waals surface area contributed by atoms with Crippen molar-refractivity contribution in [2.24, 2.45) is 9.98 Å². The molecule has 0 saturated carbocycles. The van der Waals surface area contributed by atoms with Crippen LogP contribution in [0.5, 0.6) is 11.5 Å². The number of urea groups is 1. The largest absolute Gasteiger partial charge is 0.573 e. The summed E-state index contributed by atoms with van der Waals surface area (Å²) in [6.45, 7) is 4.98. The summed E-state index contributed by atoms with van der Waals surface area (Å²) in [6.07, 6.45) is -1.31. The van der Waals surface area contributed by atoms with E-state index in [9.17, 15) is 18.0 Å². The third-order valence-corrected chi connectivity index (χ3v) is 7.64. The molecule has 0 spiro atoms. The predicted octanol–water partition coefficient (Wildman–Crippen LogP) is 7.31. The highest BCUT2D eigenvalue weighted by atomic mass is 32.2. The lowest BCUT2D eigenvalue weighted by atomic mass is 10.00. The third kappa shape index (κ3) is 7.64. The van der Waals surface area contributed by atoms with E-state index in [4.69, 9.17) is 4.74 Å². The van der Waals surface area contributed by atoms with Crippen LogP contribution in [0.25, 0.3) is 17.1 Å². The molecule has 1 aromatic heterocycles. The first-order valence-corrected chi connectivity index (χ1v) is 14.7. The van der Waals surface area contributed by atoms with Crippen molar-refractivity contribution < 1.29 is 27.4 Å². The fraction of sp³-hybridized carbons (Fsp3) is 0.258. The summed E-state index contributed by atoms with van der Waals surface area (Å²) in [5.41, 5.74) is 4.34. The van der Waals surface area contributed by atoms with Gasteiger partial charge in [0.25, 0.3) is 0 Å². The van der Waals surface area contributed by atoms with Crippen molar-refractivity contribution in [1.29, 1.82) is 0 Å². The molecule has 0 aliphatic carbocycles. The van der Waals surface area contributed by atoms with Gasteiger partial charge in [-0.15, -0.1) is 18.3 Å². The minimum atomic E-state index is -4.75. The van der Waals surface area contributed by atoms with Crippen LogP contribution in [0.3, 0.4) is 0 Å². The zero-order valence-electron chi connectivity index (χ0n) is 24.2. The van der Waals surface area contributed by atoms with Crippen molar-refractivity contribution in [2.45, 2.75) is 32.5 Å². The molecular weight excluding hydrogens is 593 g/mol. The molecule has 4 aromatic rings. The molecule has 228 valence electrons. The summed E-state index contributed by atoms with van der Waals surface area (Å²) < 4.78 is 47.9. The average Bonchev–Trinajstić information content (AvgIpc) is 3.67. The first kappa shape index (κ1) is 30.8. The van der Waals surface area contributed by atoms with Crippen molar-refractivity contribution in [1.82, 2.24) is 14.8 Å². The molecule has 3 aromatic carbocycles. The standard InChI is InChI=1S/C31H29F3N6O3S/c1-20(2)26-18-25(42-3)12-13-27(26)39-16-17-44-30(39)37-29(41)35-15-14-21-4-6-22(7-5-21)28-36-19-40(38-28)23-8-10-24(11-9-23)43-31(32,33)34/h4-13,15,18-20H,14,16-17H2,1-3H3. The Morgan fingerprint density at radius 2 is 1.80 bits per heavy atom. The number of nitrogens with zero attached hydrogens (tertiary/aromatic N) is 6. The molecular formula is C31H29F3N6O3S. The van der Waals surface area contributed by atoms with Gasteiger partial charge in [-0.3, -0.25) is 0 Å². The zero-order valence-corrected chi connectivity index (χ0v) is 25.0. The highest BCUT2D eigenvalue weighted by Crippen LogP contribution is 2.35. The van der Waals surface area contributed by atoms with Crippen LogP contribution in [-0.2, 0) is 6.42 Å². The number of alkyl halides is 3. The summed E-state index contributed by atoms with van der Waals surface area (Å²) in [4.78, 5) is 27.3. The van der Waals surface area contributed by atoms with Crippen LogP contribution < -0.4 is 14.4 Å². The summed E-state index contributed by atoms with van der Waals surface area (Å²) in [5.74, 6) is 2.00. The molecule has 44 heavy (non-hydrogen) atoms. The maximum Gasteiger partial charge on any atom is 0.573 e. The number of halogens is 3. The number of aliphatic imine (C=N–C) groups is 2. The van der Waals surface area contributed by atoms with Gasteiger partial charge in [0.2, 0.25) is 0 Å². The molecule has 1 fully saturated rings. The number of methoxy groups -OCH3 is 1. The summed E-state index contributed by atoms with van der Waals surface area (Å²) in [7, 11) is 1.64. The number of benzene rings is 3. The number of aromatic nitrogens is 3. The van der Waals surface area contributed by atoms with Gasteiger partial charge >= 0.3 is 12.4 Å². The van der Waals surface area contributed by atoms with Gasteiger partial charge in [-0.1, -0.05) is 49.9 Å². The number of hydrogen-bond donors (Lipinski definition) is 0. The van der Waals surface area contributed by atoms with E-state index in [1.54, 1.807) is 7.11 Å². The fourth-order valence-electron chi connectivity index (χ4n) is 4.54. The molecule has 1 aliphatic heterocycles. The van der Waals surface area contributed by atoms with Crippen molar-refractivity contribution in [3.63, 3.8) is 0 Å². The maximum absolute atomic E-state index is 12.6. The van der Waals surface area contributed by atoms with E-state index in [2.05, 4.69) is 43.6 Å². The van der Waals surface area contributed by atoms with Crippen molar-refractivity contribution in [2.75, 3.05) is 24.3 Å². The Balaban J connectivity index is 1.19. The first-order chi connectivity index (χ1) is 21.1. The smallest absolute Gasteiger partial charge is 0.497 e. The lowest BCUT2D eigenvalue weighted by Gasteiger charge is -2.23. The second kappa shape index (κ2) is 13.3. The fourth-order valence-corrected chi connectivity index (χ4v) is 5.48. The van der Waals surface area contributed by atoms with E-state index >= 15 is 0 Å². The molecule has 2 heterocycles. The Bertz CT molecular complexity index is 1670. The molecule has 2 amide bonds. The summed E-state index contributed by atoms with van der Waals surface area (Å²) in [6, 6.07) is 18.2. The summed E-state index contributed by atoms with van der Waals surface area (Å²) in [5, 5.41) is 5.04. The van der Waals surface area contributed by atoms with Crippen LogP contribution in [0.4, 0.5) is 23.7 Å². The monoisotopic (exact) mass is 622 g/mol. The number of hydrogen-bond acceptors (Lipinski definition) is 6. The Hall–Kier alpha value is -4.65. The Labute approximate surface area is 256 Å². The van der Waals surface area contributed by atoms with Crippen LogP contribution in [0.2, 0.25) is 0 Å². The molecule has 9 nitrogen and oxygen atoms in total. The topological polar surface area (TPSA) is 94.2 Å². The van der Waals surface area contributed by atoms with Crippen molar-refractivity contribution in [3.8, 4) is 28.6 Å². The van der Waals surface area contributed by atoms with Gasteiger partial charge in [-0.05, 0) is 59.5 Å². The number of amides is 2. The maximum atomic E-state index is 12.6. The van der Waals surface area contributed by atoms with E-state index in [-0.39, 0.29) is 11.7 Å². The molecule has 0 N–H and O–H groups in total. The van der Waals surface area contributed by atoms with Crippen molar-refractivity contribution >= 4 is 34.9 Å². The van der Waals surface area contributed by atoms with Crippen molar-refractivity contribution in [3.05, 3.63) is 84.2 Å². The van der Waals surface area contributed by atoms with Crippen LogP contribution in [0, 0.1) is 0 Å². The summed E-state index contributed by atoms with van der Waals surface area (Å²) >= 11 is 1.53. The van der Waals surface area contributed by atoms with Gasteiger partial charge in [-0.25, -0.2) is 19.5 Å². The predicted molar refractivity (Wildman–Crippen MR) is 165 cm³/mol. The SMILES string of the molecule is COc1ccc(N2CCSC2=NC(=O)N=CCc2ccc(-c3ncn(-c4ccc(OC(F)(F)F)cc4)n3)cc2)c(C(C)C)c1. The van der Waals surface area contributed by atoms with Crippen LogP contribution in [0.1, 0.15) is 30.9 Å². The quantitative estimate of drug-likeness (QED) is 0.190. The average molecular weight is 623 g/mol. The highest BCUT2D eigenvalue weighted by molar-refractivity contribution is 8.14. The van der Waals surface area contributed by atoms with Crippen LogP contribution in [0.15, 0.2) is 83.0 Å². The van der Waals surface area contributed by atoms with Crippen LogP contribution >= 0.6 is 11.8 Å². The first-order valence-electron chi connectivity index (χ1n) is 13.7. The van der Waals surface area contributed by atoms with E-state index in [0.717, 1.165) is 40.4 Å². The van der Waals surface area contributed by atoms with Gasteiger partial charge < -0.3 is 14.4 Å². The molecule has 1 aliphatic rings. The number of carbonyl (C=O) groups excluding carboxylic acids is 1. The van der Waals surface area contributed by atoms with E-state index in [1.165, 1.54) is 53.3 Å². The Morgan fingerprint density at radius 3 is 2.48 bits per heavy atom. The van der Waals surface area contributed by atoms with Gasteiger partial charge in [0.05, 0.1) is 12.8 Å². The molecule has 0 unspecified atom stereocenters. The van der Waals surface area contributed by atoms with E-state index in [0.29, 0.717) is 23.1 Å². The Kier molecular flexibility index (Phi) is 9.33. The highest BCUT2D eigenvalue weighted by Gasteiger charge is 2.31. The second-order valence-corrected chi connectivity index (χ2v) is 11.1. The molecule has 1 saturated heterocycles. The van der Waals surface area contributed by atoms with E-state index in [1.807, 2.05) is 42.5 Å². The number of thioether (sulfide) groups is 1. The lowest BCUT2D eigenvalue weighted by molar-refractivity contribution is -0.274. The number of carbonyl (C=O) groups is 1. The lowest BCUT2D eigenvalue weighted by Crippen LogP contribution is -2.25. The minimum Gasteiger partial charge on any atom is -0.497 e. The van der Waals surface area contributed by atoms with E-state index < -0.39 is 12.4 Å². The Morgan fingerprint density at radius 1 is 1.07 bits per heavy atom. The minimum absolute atomic E-state index is 0.265. The van der Waals surface area contributed by atoms with Gasteiger partial charge in [0.15, 0.2) is 11.0 Å². The molecule has 5 rings (SSSR count). The van der Waals surface area contributed by atoms with Crippen LogP contribution in [-0.4, -0.2) is 57.9 Å². The second-order valence-electron chi connectivity index (χ2n) is 10.0. The van der Waals surface area contributed by atoms with Gasteiger partial charge in [0.1, 0.15) is 17.8 Å². The van der Waals surface area contributed by atoms with Gasteiger partial charge in [0, 0.05) is 36.2 Å². The zero-order chi connectivity index (χ0) is 31.3. The number of amidine groups is 1. The number of anilines is 1. The number of ether oxygens (including phenoxy) is 2. The molecule has 0 bridgehead atoms. The molecule has 13 heteroatoms. The molecule has 0 atom stereocenters. The third-order valence-electron chi connectivity index (χ3n) is 6.68. The van der Waals surface area contributed by atoms with Gasteiger partial charge in [-0.2, -0.15) is 4.99 Å².